The number of alkyl halides is 3. The third-order valence-electron chi connectivity index (χ3n) is 2.88. The van der Waals surface area contributed by atoms with Crippen LogP contribution in [0, 0.1) is 10.1 Å². The van der Waals surface area contributed by atoms with Gasteiger partial charge in [0.25, 0.3) is 0 Å². The van der Waals surface area contributed by atoms with Crippen molar-refractivity contribution >= 4 is 11.3 Å². The first-order valence-corrected chi connectivity index (χ1v) is 6.12. The van der Waals surface area contributed by atoms with Crippen LogP contribution in [-0.2, 0) is 4.74 Å². The minimum atomic E-state index is -4.56. The molecular formula is C13H12F3NO4. The van der Waals surface area contributed by atoms with E-state index in [1.165, 1.54) is 12.1 Å². The fraction of sp³-hybridized carbons (Fsp3) is 0.385. The van der Waals surface area contributed by atoms with Gasteiger partial charge in [0.2, 0.25) is 5.75 Å². The highest BCUT2D eigenvalue weighted by Gasteiger charge is 2.31. The van der Waals surface area contributed by atoms with Crippen LogP contribution < -0.4 is 4.74 Å². The van der Waals surface area contributed by atoms with Crippen LogP contribution in [0.2, 0.25) is 0 Å². The molecule has 0 spiro atoms. The molecule has 0 N–H and O–H groups in total. The molecule has 5 nitrogen and oxygen atoms in total. The largest absolute Gasteiger partial charge is 0.477 e. The molecule has 1 aliphatic rings. The molecule has 0 amide bonds. The second kappa shape index (κ2) is 6.13. The third kappa shape index (κ3) is 3.94. The van der Waals surface area contributed by atoms with Crippen LogP contribution in [0.5, 0.6) is 5.75 Å². The number of halogens is 3. The Morgan fingerprint density at radius 1 is 1.38 bits per heavy atom. The Morgan fingerprint density at radius 2 is 2.14 bits per heavy atom. The number of nitro groups is 1. The van der Waals surface area contributed by atoms with E-state index in [0.717, 1.165) is 6.07 Å². The quantitative estimate of drug-likeness (QED) is 0.632. The van der Waals surface area contributed by atoms with Gasteiger partial charge in [-0.25, -0.2) is 0 Å². The molecule has 0 bridgehead atoms. The van der Waals surface area contributed by atoms with Crippen molar-refractivity contribution in [3.8, 4) is 5.75 Å². The highest BCUT2D eigenvalue weighted by Crippen LogP contribution is 2.37. The van der Waals surface area contributed by atoms with E-state index in [1.54, 1.807) is 6.08 Å². The van der Waals surface area contributed by atoms with E-state index in [4.69, 9.17) is 9.47 Å². The molecule has 0 aliphatic carbocycles. The van der Waals surface area contributed by atoms with Gasteiger partial charge in [0.15, 0.2) is 6.61 Å². The van der Waals surface area contributed by atoms with Gasteiger partial charge in [-0.1, -0.05) is 18.2 Å². The van der Waals surface area contributed by atoms with Crippen molar-refractivity contribution in [2.75, 3.05) is 19.8 Å². The van der Waals surface area contributed by atoms with Gasteiger partial charge >= 0.3 is 11.9 Å². The van der Waals surface area contributed by atoms with Gasteiger partial charge in [0, 0.05) is 11.6 Å². The van der Waals surface area contributed by atoms with E-state index in [0.29, 0.717) is 30.8 Å². The standard InChI is InChI=1S/C13H12F3NO4/c14-13(15,16)8-21-12-10(9-4-6-20-7-5-9)2-1-3-11(12)17(18)19/h1-4H,5-8H2. The summed E-state index contributed by atoms with van der Waals surface area (Å²) in [5, 5.41) is 11.0. The minimum absolute atomic E-state index is 0.303. The smallest absolute Gasteiger partial charge is 0.422 e. The van der Waals surface area contributed by atoms with Gasteiger partial charge in [-0.2, -0.15) is 13.2 Å². The molecule has 0 saturated heterocycles. The Hall–Kier alpha value is -2.09. The van der Waals surface area contributed by atoms with Crippen molar-refractivity contribution in [2.24, 2.45) is 0 Å². The summed E-state index contributed by atoms with van der Waals surface area (Å²) in [7, 11) is 0. The summed E-state index contributed by atoms with van der Waals surface area (Å²) >= 11 is 0. The molecule has 114 valence electrons. The molecule has 2 rings (SSSR count). The van der Waals surface area contributed by atoms with Crippen LogP contribution in [0.25, 0.3) is 5.57 Å². The lowest BCUT2D eigenvalue weighted by Crippen LogP contribution is -2.20. The van der Waals surface area contributed by atoms with Gasteiger partial charge in [-0.05, 0) is 12.0 Å². The summed E-state index contributed by atoms with van der Waals surface area (Å²) in [4.78, 5) is 10.2. The van der Waals surface area contributed by atoms with Gasteiger partial charge in [0.05, 0.1) is 18.1 Å². The number of rotatable bonds is 4. The number of ether oxygens (including phenoxy) is 2. The maximum absolute atomic E-state index is 12.3. The molecule has 1 heterocycles. The van der Waals surface area contributed by atoms with Crippen molar-refractivity contribution in [3.63, 3.8) is 0 Å². The predicted molar refractivity (Wildman–Crippen MR) is 68.1 cm³/mol. The van der Waals surface area contributed by atoms with E-state index in [9.17, 15) is 23.3 Å². The van der Waals surface area contributed by atoms with Crippen molar-refractivity contribution < 1.29 is 27.6 Å². The fourth-order valence-corrected chi connectivity index (χ4v) is 2.00. The van der Waals surface area contributed by atoms with Gasteiger partial charge in [-0.3, -0.25) is 10.1 Å². The molecule has 8 heteroatoms. The van der Waals surface area contributed by atoms with E-state index < -0.39 is 23.4 Å². The summed E-state index contributed by atoms with van der Waals surface area (Å²) < 4.78 is 46.8. The zero-order chi connectivity index (χ0) is 15.5. The monoisotopic (exact) mass is 303 g/mol. The molecule has 21 heavy (non-hydrogen) atoms. The maximum Gasteiger partial charge on any atom is 0.422 e. The number of nitro benzene ring substituents is 1. The Morgan fingerprint density at radius 3 is 2.71 bits per heavy atom. The van der Waals surface area contributed by atoms with Crippen LogP contribution in [0.4, 0.5) is 18.9 Å². The van der Waals surface area contributed by atoms with Crippen LogP contribution in [0.3, 0.4) is 0 Å². The van der Waals surface area contributed by atoms with E-state index in [2.05, 4.69) is 0 Å². The molecular weight excluding hydrogens is 291 g/mol. The molecule has 1 aromatic carbocycles. The van der Waals surface area contributed by atoms with Gasteiger partial charge in [0.1, 0.15) is 0 Å². The summed E-state index contributed by atoms with van der Waals surface area (Å²) in [5.74, 6) is -0.354. The number of para-hydroxylation sites is 1. The average Bonchev–Trinajstić information content (AvgIpc) is 2.44. The Kier molecular flexibility index (Phi) is 4.46. The molecule has 0 saturated carbocycles. The van der Waals surface area contributed by atoms with Gasteiger partial charge in [-0.15, -0.1) is 0 Å². The van der Waals surface area contributed by atoms with Crippen LogP contribution in [0.15, 0.2) is 24.3 Å². The maximum atomic E-state index is 12.3. The van der Waals surface area contributed by atoms with Crippen LogP contribution in [-0.4, -0.2) is 30.9 Å². The molecule has 0 atom stereocenters. The second-order valence-electron chi connectivity index (χ2n) is 4.37. The van der Waals surface area contributed by atoms with Crippen molar-refractivity contribution in [2.45, 2.75) is 12.6 Å². The Bertz CT molecular complexity index is 569. The molecule has 0 fully saturated rings. The summed E-state index contributed by atoms with van der Waals surface area (Å²) in [6.07, 6.45) is -2.42. The SMILES string of the molecule is O=[N+]([O-])c1cccc(C2=CCOCC2)c1OCC(F)(F)F. The molecule has 1 aromatic rings. The molecule has 1 aliphatic heterocycles. The zero-order valence-corrected chi connectivity index (χ0v) is 10.9. The first-order valence-electron chi connectivity index (χ1n) is 6.12. The van der Waals surface area contributed by atoms with Crippen molar-refractivity contribution in [3.05, 3.63) is 40.0 Å². The van der Waals surface area contributed by atoms with E-state index in [-0.39, 0.29) is 5.75 Å². The summed E-state index contributed by atoms with van der Waals surface area (Å²) in [5.41, 5.74) is 0.503. The first-order chi connectivity index (χ1) is 9.88. The van der Waals surface area contributed by atoms with Crippen LogP contribution >= 0.6 is 0 Å². The lowest BCUT2D eigenvalue weighted by atomic mass is 10.00. The highest BCUT2D eigenvalue weighted by atomic mass is 19.4. The molecule has 0 unspecified atom stereocenters. The Labute approximate surface area is 118 Å². The predicted octanol–water partition coefficient (Wildman–Crippen LogP) is 3.34. The molecule has 0 radical (unpaired) electrons. The average molecular weight is 303 g/mol. The zero-order valence-electron chi connectivity index (χ0n) is 10.9. The normalized spacial score (nSPS) is 15.5. The lowest BCUT2D eigenvalue weighted by Gasteiger charge is -2.18. The number of hydrogen-bond acceptors (Lipinski definition) is 4. The van der Waals surface area contributed by atoms with E-state index >= 15 is 0 Å². The third-order valence-corrected chi connectivity index (χ3v) is 2.88. The Balaban J connectivity index is 2.41. The minimum Gasteiger partial charge on any atom is -0.477 e. The topological polar surface area (TPSA) is 61.6 Å². The lowest BCUT2D eigenvalue weighted by molar-refractivity contribution is -0.386. The fourth-order valence-electron chi connectivity index (χ4n) is 2.00. The van der Waals surface area contributed by atoms with Crippen LogP contribution in [0.1, 0.15) is 12.0 Å². The summed E-state index contributed by atoms with van der Waals surface area (Å²) in [6, 6.07) is 4.05. The van der Waals surface area contributed by atoms with E-state index in [1.807, 2.05) is 0 Å². The number of hydrogen-bond donors (Lipinski definition) is 0. The van der Waals surface area contributed by atoms with Crippen molar-refractivity contribution in [1.29, 1.82) is 0 Å². The number of nitrogens with zero attached hydrogens (tertiary/aromatic N) is 1. The highest BCUT2D eigenvalue weighted by molar-refractivity contribution is 5.75. The first kappa shape index (κ1) is 15.3. The second-order valence-corrected chi connectivity index (χ2v) is 4.37. The van der Waals surface area contributed by atoms with Gasteiger partial charge < -0.3 is 9.47 Å². The summed E-state index contributed by atoms with van der Waals surface area (Å²) in [6.45, 7) is -0.849. The van der Waals surface area contributed by atoms with Crippen molar-refractivity contribution in [1.82, 2.24) is 0 Å². The molecule has 0 aromatic heterocycles. The number of benzene rings is 1.